The molecule has 5 atom stereocenters. The van der Waals surface area contributed by atoms with Crippen molar-refractivity contribution in [3.8, 4) is 0 Å². The van der Waals surface area contributed by atoms with Gasteiger partial charge >= 0.3 is 0 Å². The molecule has 1 aliphatic heterocycles. The van der Waals surface area contributed by atoms with E-state index in [1.165, 1.54) is 11.1 Å². The second-order valence-corrected chi connectivity index (χ2v) is 6.15. The smallest absolute Gasteiger partial charge is 0.0627 e. The lowest BCUT2D eigenvalue weighted by atomic mass is 9.75. The van der Waals surface area contributed by atoms with Gasteiger partial charge in [-0.1, -0.05) is 74.5 Å². The number of hydrogen-bond donors (Lipinski definition) is 2. The normalized spacial score (nSPS) is 32.8. The van der Waals surface area contributed by atoms with E-state index in [9.17, 15) is 5.11 Å². The van der Waals surface area contributed by atoms with Crippen molar-refractivity contribution in [1.29, 1.82) is 0 Å². The Kier molecular flexibility index (Phi) is 4.09. The Balaban J connectivity index is 1.93. The van der Waals surface area contributed by atoms with Crippen LogP contribution in [0.15, 0.2) is 60.7 Å². The molecule has 21 heavy (non-hydrogen) atoms. The Hall–Kier alpha value is -1.64. The lowest BCUT2D eigenvalue weighted by Crippen LogP contribution is -2.48. The number of benzene rings is 2. The molecule has 1 heterocycles. The van der Waals surface area contributed by atoms with Gasteiger partial charge in [-0.15, -0.1) is 0 Å². The predicted octanol–water partition coefficient (Wildman–Crippen LogP) is 3.71. The standard InChI is InChI=1S/C19H23NO/c1-13-17(15-9-5-3-6-10-15)20-18(14(2)19(13)21)16-11-7-4-8-12-16/h3-14,17-21H,1-2H3/t13-,14-,17-,18+,19?/m1/s1. The predicted molar refractivity (Wildman–Crippen MR) is 85.8 cm³/mol. The first-order valence-electron chi connectivity index (χ1n) is 7.72. The summed E-state index contributed by atoms with van der Waals surface area (Å²) in [5.74, 6) is 0.393. The number of hydrogen-bond acceptors (Lipinski definition) is 2. The molecular weight excluding hydrogens is 258 g/mol. The van der Waals surface area contributed by atoms with Crippen LogP contribution < -0.4 is 5.32 Å². The minimum Gasteiger partial charge on any atom is -0.392 e. The molecule has 0 radical (unpaired) electrons. The molecule has 1 aliphatic rings. The number of aliphatic hydroxyl groups excluding tert-OH is 1. The van der Waals surface area contributed by atoms with E-state index in [2.05, 4.69) is 67.7 Å². The van der Waals surface area contributed by atoms with Gasteiger partial charge in [0.2, 0.25) is 0 Å². The van der Waals surface area contributed by atoms with E-state index in [0.717, 1.165) is 0 Å². The molecule has 0 aromatic heterocycles. The Morgan fingerprint density at radius 2 is 1.10 bits per heavy atom. The van der Waals surface area contributed by atoms with E-state index in [0.29, 0.717) is 0 Å². The van der Waals surface area contributed by atoms with Crippen LogP contribution in [0.3, 0.4) is 0 Å². The van der Waals surface area contributed by atoms with Crippen LogP contribution in [0.2, 0.25) is 0 Å². The van der Waals surface area contributed by atoms with Crippen molar-refractivity contribution in [1.82, 2.24) is 5.32 Å². The SMILES string of the molecule is C[C@H]1C(O)[C@H](C)[C@H](c2ccccc2)N[C@@H]1c1ccccc1. The van der Waals surface area contributed by atoms with E-state index in [1.807, 2.05) is 12.1 Å². The highest BCUT2D eigenvalue weighted by Gasteiger charge is 2.40. The summed E-state index contributed by atoms with van der Waals surface area (Å²) in [6, 6.07) is 21.2. The summed E-state index contributed by atoms with van der Waals surface area (Å²) in [6.07, 6.45) is -0.304. The second kappa shape index (κ2) is 6.00. The molecule has 1 saturated heterocycles. The molecule has 3 rings (SSSR count). The molecule has 0 aliphatic carbocycles. The molecule has 2 N–H and O–H groups in total. The van der Waals surface area contributed by atoms with Crippen LogP contribution in [0, 0.1) is 11.8 Å². The molecule has 2 nitrogen and oxygen atoms in total. The molecule has 2 heteroatoms. The van der Waals surface area contributed by atoms with Crippen molar-refractivity contribution < 1.29 is 5.11 Å². The van der Waals surface area contributed by atoms with Gasteiger partial charge in [-0.3, -0.25) is 0 Å². The maximum absolute atomic E-state index is 10.7. The molecular formula is C19H23NO. The zero-order valence-electron chi connectivity index (χ0n) is 12.6. The molecule has 2 aromatic carbocycles. The number of nitrogens with one attached hydrogen (secondary N) is 1. The quantitative estimate of drug-likeness (QED) is 0.879. The van der Waals surface area contributed by atoms with E-state index in [1.54, 1.807) is 0 Å². The van der Waals surface area contributed by atoms with Gasteiger partial charge in [0.15, 0.2) is 0 Å². The van der Waals surface area contributed by atoms with Crippen molar-refractivity contribution in [3.05, 3.63) is 71.8 Å². The van der Waals surface area contributed by atoms with E-state index in [4.69, 9.17) is 0 Å². The maximum Gasteiger partial charge on any atom is 0.0627 e. The second-order valence-electron chi connectivity index (χ2n) is 6.15. The van der Waals surface area contributed by atoms with Crippen LogP contribution in [-0.2, 0) is 0 Å². The molecule has 0 spiro atoms. The number of rotatable bonds is 2. The molecule has 0 bridgehead atoms. The van der Waals surface area contributed by atoms with Gasteiger partial charge in [-0.2, -0.15) is 0 Å². The molecule has 1 unspecified atom stereocenters. The monoisotopic (exact) mass is 281 g/mol. The van der Waals surface area contributed by atoms with Gasteiger partial charge in [0.05, 0.1) is 6.10 Å². The summed E-state index contributed by atoms with van der Waals surface area (Å²) < 4.78 is 0. The Labute approximate surface area is 126 Å². The molecule has 0 amide bonds. The van der Waals surface area contributed by atoms with Crippen molar-refractivity contribution in [2.24, 2.45) is 11.8 Å². The molecule has 1 fully saturated rings. The number of aliphatic hydroxyl groups is 1. The van der Waals surface area contributed by atoms with Gasteiger partial charge in [0.1, 0.15) is 0 Å². The first-order chi connectivity index (χ1) is 10.2. The summed E-state index contributed by atoms with van der Waals surface area (Å²) >= 11 is 0. The molecule has 110 valence electrons. The summed E-state index contributed by atoms with van der Waals surface area (Å²) in [5, 5.41) is 14.4. The lowest BCUT2D eigenvalue weighted by molar-refractivity contribution is -0.00676. The van der Waals surface area contributed by atoms with Gasteiger partial charge in [-0.05, 0) is 11.1 Å². The minimum absolute atomic E-state index is 0.183. The summed E-state index contributed by atoms with van der Waals surface area (Å²) in [6.45, 7) is 4.26. The van der Waals surface area contributed by atoms with Crippen LogP contribution in [0.5, 0.6) is 0 Å². The zero-order valence-corrected chi connectivity index (χ0v) is 12.6. The summed E-state index contributed by atoms with van der Waals surface area (Å²) in [4.78, 5) is 0. The third kappa shape index (κ3) is 2.74. The Morgan fingerprint density at radius 1 is 0.714 bits per heavy atom. The zero-order chi connectivity index (χ0) is 14.8. The van der Waals surface area contributed by atoms with E-state index in [-0.39, 0.29) is 30.0 Å². The van der Waals surface area contributed by atoms with Gasteiger partial charge in [0, 0.05) is 23.9 Å². The van der Waals surface area contributed by atoms with Crippen LogP contribution in [0.25, 0.3) is 0 Å². The van der Waals surface area contributed by atoms with E-state index >= 15 is 0 Å². The summed E-state index contributed by atoms with van der Waals surface area (Å²) in [7, 11) is 0. The molecule has 0 saturated carbocycles. The number of piperidine rings is 1. The minimum atomic E-state index is -0.304. The Bertz CT molecular complexity index is 517. The maximum atomic E-state index is 10.7. The van der Waals surface area contributed by atoms with Crippen LogP contribution in [-0.4, -0.2) is 11.2 Å². The van der Waals surface area contributed by atoms with Gasteiger partial charge in [0.25, 0.3) is 0 Å². The van der Waals surface area contributed by atoms with Gasteiger partial charge < -0.3 is 10.4 Å². The third-order valence-electron chi connectivity index (χ3n) is 4.81. The average Bonchev–Trinajstić information content (AvgIpc) is 2.55. The molecule has 2 aromatic rings. The van der Waals surface area contributed by atoms with Crippen molar-refractivity contribution in [2.45, 2.75) is 32.0 Å². The van der Waals surface area contributed by atoms with Crippen LogP contribution in [0.4, 0.5) is 0 Å². The van der Waals surface area contributed by atoms with Crippen molar-refractivity contribution >= 4 is 0 Å². The van der Waals surface area contributed by atoms with Crippen molar-refractivity contribution in [2.75, 3.05) is 0 Å². The fourth-order valence-corrected chi connectivity index (χ4v) is 3.49. The lowest BCUT2D eigenvalue weighted by Gasteiger charge is -2.44. The Morgan fingerprint density at radius 3 is 1.48 bits per heavy atom. The fraction of sp³-hybridized carbons (Fsp3) is 0.368. The third-order valence-corrected chi connectivity index (χ3v) is 4.81. The highest BCUT2D eigenvalue weighted by atomic mass is 16.3. The largest absolute Gasteiger partial charge is 0.392 e. The highest BCUT2D eigenvalue weighted by molar-refractivity contribution is 5.26. The van der Waals surface area contributed by atoms with Crippen molar-refractivity contribution in [3.63, 3.8) is 0 Å². The average molecular weight is 281 g/mol. The van der Waals surface area contributed by atoms with Gasteiger partial charge in [-0.25, -0.2) is 0 Å². The first-order valence-corrected chi connectivity index (χ1v) is 7.72. The van der Waals surface area contributed by atoms with Crippen LogP contribution >= 0.6 is 0 Å². The highest BCUT2D eigenvalue weighted by Crippen LogP contribution is 2.40. The first kappa shape index (κ1) is 14.3. The fourth-order valence-electron chi connectivity index (χ4n) is 3.49. The van der Waals surface area contributed by atoms with E-state index < -0.39 is 0 Å². The summed E-state index contributed by atoms with van der Waals surface area (Å²) in [5.41, 5.74) is 2.49. The van der Waals surface area contributed by atoms with Crippen LogP contribution in [0.1, 0.15) is 37.1 Å². The topological polar surface area (TPSA) is 32.3 Å².